The van der Waals surface area contributed by atoms with Crippen LogP contribution < -0.4 is 0 Å². The van der Waals surface area contributed by atoms with E-state index in [-0.39, 0.29) is 12.8 Å². The molecule has 3 fully saturated rings. The second-order valence-corrected chi connectivity index (χ2v) is 29.8. The molecule has 19 atom stereocenters. The molecule has 25 heteroatoms. The molecule has 1 saturated carbocycles. The molecule has 3 aliphatic rings. The van der Waals surface area contributed by atoms with Gasteiger partial charge in [0.1, 0.15) is 98.7 Å². The SMILES string of the molecule is CCCCCC/C=C\CCCCCCCCCC(=O)OCC(COP(=O)(O)OC1C(OC2OC(CO)C(O)C(O)C2O)C(O)C(O)C(O)C1OC1OC(COC(=O)/C=C/C=C/CCCCCCCCCCCCC)C(O)C(O)C1O)OC(=O)CCCCCCCCC(C)CCCCCCCC. The van der Waals surface area contributed by atoms with E-state index < -0.39 is 156 Å². The third-order valence-electron chi connectivity index (χ3n) is 19.4. The van der Waals surface area contributed by atoms with E-state index >= 15 is 0 Å². The van der Waals surface area contributed by atoms with Crippen LogP contribution in [0.4, 0.5) is 0 Å². The fraction of sp³-hybridized carbons (Fsp3) is 0.882. The Morgan fingerprint density at radius 3 is 1.31 bits per heavy atom. The second-order valence-electron chi connectivity index (χ2n) is 28.4. The van der Waals surface area contributed by atoms with Crippen molar-refractivity contribution in [2.45, 2.75) is 395 Å². The zero-order chi connectivity index (χ0) is 74.1. The van der Waals surface area contributed by atoms with Crippen LogP contribution in [0.25, 0.3) is 0 Å². The standard InChI is InChI=1S/C76H137O24P/c1-5-8-11-14-17-19-21-23-25-27-29-31-33-39-44-49-60(78)92-53-57(95-62(80)51-46-41-36-35-38-43-48-56(4)47-42-37-16-13-10-7-3)54-94-101(90,91)100-74-72(98-75-70(88)65(83)63(81)58(52-77)96-75)68(86)67(85)69(87)73(74)99-76-71(89)66(84)64(82)59(97-76)55-93-61(79)50-45-40-34-32-30-28-26-24-22-20-18-15-12-9-6-2/h19,21,34,40,45,50,56-59,63-77,81-89H,5-18,20,22-33,35-39,41-44,46-49,51-55H2,1-4H3,(H,90,91)/b21-19-,40-34+,50-45+. The summed E-state index contributed by atoms with van der Waals surface area (Å²) in [5.41, 5.74) is 0. The summed E-state index contributed by atoms with van der Waals surface area (Å²) in [5.74, 6) is -1.55. The summed E-state index contributed by atoms with van der Waals surface area (Å²) in [5, 5.41) is 110. The number of hydrogen-bond donors (Lipinski definition) is 11. The zero-order valence-corrected chi connectivity index (χ0v) is 62.7. The number of phosphoric ester groups is 1. The van der Waals surface area contributed by atoms with Gasteiger partial charge in [0, 0.05) is 18.9 Å². The first kappa shape index (κ1) is 92.4. The molecule has 0 amide bonds. The van der Waals surface area contributed by atoms with Gasteiger partial charge in [0.25, 0.3) is 0 Å². The predicted octanol–water partition coefficient (Wildman–Crippen LogP) is 11.3. The van der Waals surface area contributed by atoms with E-state index in [0.717, 1.165) is 115 Å². The summed E-state index contributed by atoms with van der Waals surface area (Å²) >= 11 is 0. The molecule has 0 bridgehead atoms. The number of rotatable bonds is 60. The second kappa shape index (κ2) is 56.5. The van der Waals surface area contributed by atoms with Gasteiger partial charge in [-0.1, -0.05) is 257 Å². The molecular weight excluding hydrogens is 1330 g/mol. The van der Waals surface area contributed by atoms with Crippen molar-refractivity contribution in [1.82, 2.24) is 0 Å². The van der Waals surface area contributed by atoms with Crippen molar-refractivity contribution in [2.75, 3.05) is 26.4 Å². The molecule has 11 N–H and O–H groups in total. The van der Waals surface area contributed by atoms with Crippen LogP contribution in [0.5, 0.6) is 0 Å². The van der Waals surface area contributed by atoms with Gasteiger partial charge < -0.3 is 89.1 Å². The molecule has 1 aliphatic carbocycles. The Labute approximate surface area is 604 Å². The highest BCUT2D eigenvalue weighted by Gasteiger charge is 2.58. The van der Waals surface area contributed by atoms with E-state index in [4.69, 9.17) is 42.2 Å². The molecule has 2 aliphatic heterocycles. The fourth-order valence-corrected chi connectivity index (χ4v) is 13.9. The number of allylic oxidation sites excluding steroid dienone is 5. The van der Waals surface area contributed by atoms with E-state index in [1.165, 1.54) is 134 Å². The predicted molar refractivity (Wildman–Crippen MR) is 384 cm³/mol. The number of phosphoric acid groups is 1. The zero-order valence-electron chi connectivity index (χ0n) is 61.9. The van der Waals surface area contributed by atoms with Crippen LogP contribution in [-0.2, 0) is 61.2 Å². The average Bonchev–Trinajstić information content (AvgIpc) is 0.761. The Morgan fingerprint density at radius 2 is 0.832 bits per heavy atom. The van der Waals surface area contributed by atoms with Crippen LogP contribution in [0.3, 0.4) is 0 Å². The lowest BCUT2D eigenvalue weighted by atomic mass is 9.84. The third-order valence-corrected chi connectivity index (χ3v) is 20.4. The van der Waals surface area contributed by atoms with Crippen molar-refractivity contribution in [3.05, 3.63) is 36.5 Å². The average molecular weight is 1470 g/mol. The van der Waals surface area contributed by atoms with E-state index in [0.29, 0.717) is 18.8 Å². The lowest BCUT2D eigenvalue weighted by molar-refractivity contribution is -0.360. The summed E-state index contributed by atoms with van der Waals surface area (Å²) in [7, 11) is -5.71. The number of carbonyl (C=O) groups excluding carboxylic acids is 3. The Morgan fingerprint density at radius 1 is 0.436 bits per heavy atom. The first-order chi connectivity index (χ1) is 48.7. The minimum absolute atomic E-state index is 0.0374. The van der Waals surface area contributed by atoms with Gasteiger partial charge >= 0.3 is 25.7 Å². The minimum Gasteiger partial charge on any atom is -0.462 e. The smallest absolute Gasteiger partial charge is 0.462 e. The number of aliphatic hydroxyl groups is 10. The van der Waals surface area contributed by atoms with Crippen molar-refractivity contribution in [2.24, 2.45) is 5.92 Å². The Bertz CT molecular complexity index is 2240. The summed E-state index contributed by atoms with van der Waals surface area (Å²) in [6.07, 6.45) is 18.3. The molecule has 590 valence electrons. The molecule has 0 aromatic rings. The normalized spacial score (nSPS) is 27.7. The number of ether oxygens (including phenoxy) is 7. The van der Waals surface area contributed by atoms with Gasteiger partial charge in [-0.05, 0) is 57.3 Å². The molecule has 0 radical (unpaired) electrons. The van der Waals surface area contributed by atoms with Crippen molar-refractivity contribution in [3.8, 4) is 0 Å². The lowest BCUT2D eigenvalue weighted by Crippen LogP contribution is -2.69. The van der Waals surface area contributed by atoms with E-state index in [9.17, 15) is 74.9 Å². The summed E-state index contributed by atoms with van der Waals surface area (Å²) in [6.45, 7) is 5.67. The van der Waals surface area contributed by atoms with Crippen molar-refractivity contribution < 1.29 is 117 Å². The van der Waals surface area contributed by atoms with Crippen LogP contribution in [0.1, 0.15) is 291 Å². The molecule has 24 nitrogen and oxygen atoms in total. The van der Waals surface area contributed by atoms with Crippen molar-refractivity contribution in [1.29, 1.82) is 0 Å². The molecule has 2 heterocycles. The highest BCUT2D eigenvalue weighted by molar-refractivity contribution is 7.47. The Hall–Kier alpha value is -2.82. The van der Waals surface area contributed by atoms with Crippen LogP contribution in [0.2, 0.25) is 0 Å². The maximum Gasteiger partial charge on any atom is 0.472 e. The van der Waals surface area contributed by atoms with Gasteiger partial charge in [0.15, 0.2) is 18.7 Å². The minimum atomic E-state index is -5.71. The van der Waals surface area contributed by atoms with Gasteiger partial charge in [-0.3, -0.25) is 18.6 Å². The Balaban J connectivity index is 1.75. The number of unbranched alkanes of at least 4 members (excludes halogenated alkanes) is 32. The van der Waals surface area contributed by atoms with Gasteiger partial charge in [-0.25, -0.2) is 9.36 Å². The number of esters is 3. The van der Waals surface area contributed by atoms with Gasteiger partial charge in [0.2, 0.25) is 0 Å². The number of aliphatic hydroxyl groups excluding tert-OH is 10. The monoisotopic (exact) mass is 1460 g/mol. The van der Waals surface area contributed by atoms with Crippen molar-refractivity contribution in [3.63, 3.8) is 0 Å². The molecule has 0 aromatic carbocycles. The highest BCUT2D eigenvalue weighted by atomic mass is 31.2. The molecule has 19 unspecified atom stereocenters. The maximum absolute atomic E-state index is 14.4. The summed E-state index contributed by atoms with van der Waals surface area (Å²) in [6, 6.07) is 0. The van der Waals surface area contributed by atoms with Gasteiger partial charge in [0.05, 0.1) is 13.2 Å². The molecule has 0 spiro atoms. The number of hydrogen-bond acceptors (Lipinski definition) is 23. The molecule has 3 rings (SSSR count). The lowest BCUT2D eigenvalue weighted by Gasteiger charge is -2.49. The topological polar surface area (TPSA) is 374 Å². The highest BCUT2D eigenvalue weighted by Crippen LogP contribution is 2.49. The van der Waals surface area contributed by atoms with E-state index in [1.54, 1.807) is 6.08 Å². The largest absolute Gasteiger partial charge is 0.472 e. The van der Waals surface area contributed by atoms with Crippen LogP contribution in [-0.4, -0.2) is 204 Å². The molecule has 101 heavy (non-hydrogen) atoms. The summed E-state index contributed by atoms with van der Waals surface area (Å²) < 4.78 is 65.0. The summed E-state index contributed by atoms with van der Waals surface area (Å²) in [4.78, 5) is 51.0. The maximum atomic E-state index is 14.4. The van der Waals surface area contributed by atoms with Crippen molar-refractivity contribution >= 4 is 25.7 Å². The van der Waals surface area contributed by atoms with Crippen LogP contribution >= 0.6 is 7.82 Å². The van der Waals surface area contributed by atoms with E-state index in [1.807, 2.05) is 6.08 Å². The van der Waals surface area contributed by atoms with Crippen LogP contribution in [0.15, 0.2) is 36.5 Å². The van der Waals surface area contributed by atoms with E-state index in [2.05, 4.69) is 39.8 Å². The van der Waals surface area contributed by atoms with Gasteiger partial charge in [-0.15, -0.1) is 0 Å². The quantitative estimate of drug-likeness (QED) is 0.00512. The number of carbonyl (C=O) groups is 3. The first-order valence-electron chi connectivity index (χ1n) is 39.2. The molecule has 0 aromatic heterocycles. The van der Waals surface area contributed by atoms with Crippen LogP contribution in [0, 0.1) is 5.92 Å². The Kier molecular flexibility index (Phi) is 51.6. The van der Waals surface area contributed by atoms with Gasteiger partial charge in [-0.2, -0.15) is 0 Å². The molecule has 2 saturated heterocycles. The fourth-order valence-electron chi connectivity index (χ4n) is 12.9. The molecular formula is C76H137O24P. The third kappa shape index (κ3) is 39.6. The first-order valence-corrected chi connectivity index (χ1v) is 40.7.